The first-order valence-corrected chi connectivity index (χ1v) is 2.08. The first-order chi connectivity index (χ1) is 2.91. The quantitative estimate of drug-likeness (QED) is 0.329. The van der Waals surface area contributed by atoms with Gasteiger partial charge in [0.15, 0.2) is 0 Å². The fourth-order valence-electron chi connectivity index (χ4n) is 0.204. The summed E-state index contributed by atoms with van der Waals surface area (Å²) in [6.07, 6.45) is 1.09. The fraction of sp³-hybridized carbons (Fsp3) is 1.00. The molecule has 0 aliphatic rings. The molecule has 0 aromatic carbocycles. The Labute approximate surface area is 73.5 Å². The molecule has 0 saturated carbocycles. The summed E-state index contributed by atoms with van der Waals surface area (Å²) < 4.78 is 0. The van der Waals surface area contributed by atoms with E-state index in [0.29, 0.717) is 12.8 Å². The van der Waals surface area contributed by atoms with Gasteiger partial charge in [0.05, 0.1) is 0 Å². The van der Waals surface area contributed by atoms with Gasteiger partial charge in [-0.25, -0.2) is 0 Å². The molecule has 7 heavy (non-hydrogen) atoms. The van der Waals surface area contributed by atoms with E-state index in [0.717, 1.165) is 0 Å². The standard InChI is InChI=1S/C4H8O2.Ca/c5-3-1-2-4-6;/h1-4H2;/q-2;+2. The van der Waals surface area contributed by atoms with Crippen LogP contribution < -0.4 is 10.2 Å². The predicted octanol–water partition coefficient (Wildman–Crippen LogP) is -1.89. The summed E-state index contributed by atoms with van der Waals surface area (Å²) in [6, 6.07) is 0. The van der Waals surface area contributed by atoms with Gasteiger partial charge in [-0.1, -0.05) is 12.8 Å². The molecule has 0 aliphatic heterocycles. The average Bonchev–Trinajstić information content (AvgIpc) is 1.61. The van der Waals surface area contributed by atoms with Gasteiger partial charge in [0.1, 0.15) is 0 Å². The predicted molar refractivity (Wildman–Crippen MR) is 24.7 cm³/mol. The largest absolute Gasteiger partial charge is 2.00 e. The van der Waals surface area contributed by atoms with E-state index in [1.165, 1.54) is 0 Å². The molecule has 3 heteroatoms. The summed E-state index contributed by atoms with van der Waals surface area (Å²) in [5, 5.41) is 19.1. The van der Waals surface area contributed by atoms with E-state index in [9.17, 15) is 10.2 Å². The minimum atomic E-state index is -0.0950. The first-order valence-electron chi connectivity index (χ1n) is 2.08. The Bertz CT molecular complexity index is 21.7. The Kier molecular flexibility index (Phi) is 16.1. The zero-order valence-corrected chi connectivity index (χ0v) is 6.56. The van der Waals surface area contributed by atoms with Gasteiger partial charge < -0.3 is 10.2 Å². The minimum absolute atomic E-state index is 0. The third-order valence-electron chi connectivity index (χ3n) is 0.539. The summed E-state index contributed by atoms with van der Waals surface area (Å²) in [7, 11) is 0. The Hall–Kier alpha value is 1.18. The molecule has 0 amide bonds. The van der Waals surface area contributed by atoms with E-state index in [-0.39, 0.29) is 51.0 Å². The molecular weight excluding hydrogens is 120 g/mol. The van der Waals surface area contributed by atoms with Gasteiger partial charge >= 0.3 is 37.7 Å². The second kappa shape index (κ2) is 10.2. The summed E-state index contributed by atoms with van der Waals surface area (Å²) in [4.78, 5) is 0. The third kappa shape index (κ3) is 11.0. The molecule has 38 valence electrons. The van der Waals surface area contributed by atoms with E-state index in [1.807, 2.05) is 0 Å². The van der Waals surface area contributed by atoms with Crippen LogP contribution in [0.2, 0.25) is 0 Å². The van der Waals surface area contributed by atoms with Crippen molar-refractivity contribution in [3.05, 3.63) is 0 Å². The van der Waals surface area contributed by atoms with Gasteiger partial charge in [0.25, 0.3) is 0 Å². The number of hydrogen-bond donors (Lipinski definition) is 0. The van der Waals surface area contributed by atoms with E-state index in [2.05, 4.69) is 0 Å². The molecule has 0 rings (SSSR count). The fourth-order valence-corrected chi connectivity index (χ4v) is 0.204. The maximum Gasteiger partial charge on any atom is 2.00 e. The van der Waals surface area contributed by atoms with Crippen molar-refractivity contribution in [2.75, 3.05) is 13.2 Å². The van der Waals surface area contributed by atoms with E-state index >= 15 is 0 Å². The zero-order valence-electron chi connectivity index (χ0n) is 4.35. The Balaban J connectivity index is 0. The molecule has 0 spiro atoms. The summed E-state index contributed by atoms with van der Waals surface area (Å²) in [5.41, 5.74) is 0. The smallest absolute Gasteiger partial charge is 0.854 e. The van der Waals surface area contributed by atoms with Crippen molar-refractivity contribution < 1.29 is 10.2 Å². The van der Waals surface area contributed by atoms with E-state index in [4.69, 9.17) is 0 Å². The maximum atomic E-state index is 9.55. The summed E-state index contributed by atoms with van der Waals surface area (Å²) in [5.74, 6) is 0. The molecule has 0 saturated heterocycles. The van der Waals surface area contributed by atoms with Crippen molar-refractivity contribution in [2.24, 2.45) is 0 Å². The van der Waals surface area contributed by atoms with Crippen molar-refractivity contribution in [2.45, 2.75) is 12.8 Å². The van der Waals surface area contributed by atoms with Crippen molar-refractivity contribution >= 4 is 37.7 Å². The second-order valence-corrected chi connectivity index (χ2v) is 1.12. The first kappa shape index (κ1) is 11.0. The number of hydrogen-bond acceptors (Lipinski definition) is 2. The van der Waals surface area contributed by atoms with Crippen LogP contribution in [-0.4, -0.2) is 51.0 Å². The van der Waals surface area contributed by atoms with Crippen LogP contribution in [0.3, 0.4) is 0 Å². The Morgan fingerprint density at radius 2 is 1.14 bits per heavy atom. The molecule has 0 N–H and O–H groups in total. The van der Waals surface area contributed by atoms with Crippen LogP contribution in [0.25, 0.3) is 0 Å². The van der Waals surface area contributed by atoms with E-state index < -0.39 is 0 Å². The van der Waals surface area contributed by atoms with Crippen LogP contribution in [-0.2, 0) is 0 Å². The van der Waals surface area contributed by atoms with Crippen molar-refractivity contribution in [1.82, 2.24) is 0 Å². The molecule has 0 radical (unpaired) electrons. The van der Waals surface area contributed by atoms with Gasteiger partial charge in [0.2, 0.25) is 0 Å². The van der Waals surface area contributed by atoms with E-state index in [1.54, 1.807) is 0 Å². The SMILES string of the molecule is [Ca+2].[O-]CCCC[O-]. The molecule has 0 atom stereocenters. The average molecular weight is 128 g/mol. The Morgan fingerprint density at radius 3 is 1.29 bits per heavy atom. The maximum absolute atomic E-state index is 9.55. The van der Waals surface area contributed by atoms with Crippen LogP contribution in [0.5, 0.6) is 0 Å². The molecule has 0 aromatic heterocycles. The summed E-state index contributed by atoms with van der Waals surface area (Å²) >= 11 is 0. The molecule has 0 bridgehead atoms. The van der Waals surface area contributed by atoms with Crippen LogP contribution >= 0.6 is 0 Å². The molecule has 0 fully saturated rings. The van der Waals surface area contributed by atoms with Crippen LogP contribution in [0.4, 0.5) is 0 Å². The minimum Gasteiger partial charge on any atom is -0.854 e. The number of rotatable bonds is 3. The molecule has 2 nitrogen and oxygen atoms in total. The molecule has 0 heterocycles. The van der Waals surface area contributed by atoms with Gasteiger partial charge in [-0.3, -0.25) is 0 Å². The third-order valence-corrected chi connectivity index (χ3v) is 0.539. The molecule has 0 aliphatic carbocycles. The van der Waals surface area contributed by atoms with Crippen molar-refractivity contribution in [3.63, 3.8) is 0 Å². The van der Waals surface area contributed by atoms with Gasteiger partial charge in [-0.05, 0) is 0 Å². The normalized spacial score (nSPS) is 7.71. The Morgan fingerprint density at radius 1 is 0.857 bits per heavy atom. The monoisotopic (exact) mass is 128 g/mol. The van der Waals surface area contributed by atoms with Crippen LogP contribution in [0.15, 0.2) is 0 Å². The van der Waals surface area contributed by atoms with Crippen LogP contribution in [0, 0.1) is 0 Å². The summed E-state index contributed by atoms with van der Waals surface area (Å²) in [6.45, 7) is -0.190. The topological polar surface area (TPSA) is 46.1 Å². The van der Waals surface area contributed by atoms with Gasteiger partial charge in [0, 0.05) is 0 Å². The van der Waals surface area contributed by atoms with Gasteiger partial charge in [-0.15, -0.1) is 13.2 Å². The second-order valence-electron chi connectivity index (χ2n) is 1.12. The van der Waals surface area contributed by atoms with Crippen LogP contribution in [0.1, 0.15) is 12.8 Å². The van der Waals surface area contributed by atoms with Crippen molar-refractivity contribution in [1.29, 1.82) is 0 Å². The molecular formula is C4H8CaO2. The molecule has 0 aromatic rings. The molecule has 0 unspecified atom stereocenters. The van der Waals surface area contributed by atoms with Crippen molar-refractivity contribution in [3.8, 4) is 0 Å². The van der Waals surface area contributed by atoms with Gasteiger partial charge in [-0.2, -0.15) is 0 Å². The zero-order chi connectivity index (χ0) is 4.83. The number of unbranched alkanes of at least 4 members (excludes halogenated alkanes) is 1.